The number of amides is 1. The lowest BCUT2D eigenvalue weighted by Gasteiger charge is -2.27. The van der Waals surface area contributed by atoms with E-state index < -0.39 is 0 Å². The highest BCUT2D eigenvalue weighted by atomic mass is 16.2. The Bertz CT molecular complexity index is 241. The molecule has 2 bridgehead atoms. The molecule has 0 aromatic carbocycles. The maximum Gasteiger partial charge on any atom is 0.225 e. The van der Waals surface area contributed by atoms with Crippen molar-refractivity contribution >= 4 is 5.91 Å². The predicted molar refractivity (Wildman–Crippen MR) is 56.8 cm³/mol. The van der Waals surface area contributed by atoms with Crippen LogP contribution in [0.15, 0.2) is 0 Å². The number of hydrogen-bond donors (Lipinski definition) is 1. The Morgan fingerprint density at radius 3 is 2.36 bits per heavy atom. The van der Waals surface area contributed by atoms with Crippen LogP contribution in [-0.4, -0.2) is 11.9 Å². The van der Waals surface area contributed by atoms with E-state index in [0.717, 1.165) is 11.8 Å². The molecule has 2 nitrogen and oxygen atoms in total. The molecule has 0 radical (unpaired) electrons. The summed E-state index contributed by atoms with van der Waals surface area (Å²) in [6.45, 7) is 5.95. The molecule has 0 heterocycles. The van der Waals surface area contributed by atoms with Gasteiger partial charge >= 0.3 is 0 Å². The zero-order valence-electron chi connectivity index (χ0n) is 9.47. The first-order chi connectivity index (χ1) is 6.47. The van der Waals surface area contributed by atoms with Gasteiger partial charge in [-0.1, -0.05) is 27.2 Å². The van der Waals surface area contributed by atoms with Crippen molar-refractivity contribution < 1.29 is 4.79 Å². The van der Waals surface area contributed by atoms with Crippen molar-refractivity contribution in [3.63, 3.8) is 0 Å². The van der Waals surface area contributed by atoms with E-state index in [4.69, 9.17) is 0 Å². The molecule has 2 rings (SSSR count). The molecular weight excluding hydrogens is 174 g/mol. The molecule has 2 aliphatic carbocycles. The van der Waals surface area contributed by atoms with E-state index in [1.807, 2.05) is 20.8 Å². The van der Waals surface area contributed by atoms with Gasteiger partial charge in [-0.3, -0.25) is 4.79 Å². The van der Waals surface area contributed by atoms with E-state index in [1.165, 1.54) is 25.7 Å². The van der Waals surface area contributed by atoms with Gasteiger partial charge in [0.15, 0.2) is 0 Å². The van der Waals surface area contributed by atoms with Gasteiger partial charge < -0.3 is 5.32 Å². The first kappa shape index (κ1) is 10.0. The Morgan fingerprint density at radius 2 is 1.93 bits per heavy atom. The summed E-state index contributed by atoms with van der Waals surface area (Å²) in [4.78, 5) is 11.8. The van der Waals surface area contributed by atoms with Gasteiger partial charge in [0.25, 0.3) is 0 Å². The summed E-state index contributed by atoms with van der Waals surface area (Å²) in [5.41, 5.74) is -0.234. The number of rotatable bonds is 1. The summed E-state index contributed by atoms with van der Waals surface area (Å²) in [5.74, 6) is 1.91. The molecule has 2 heteroatoms. The molecule has 0 aromatic heterocycles. The summed E-state index contributed by atoms with van der Waals surface area (Å²) in [7, 11) is 0. The molecule has 1 N–H and O–H groups in total. The van der Waals surface area contributed by atoms with E-state index >= 15 is 0 Å². The summed E-state index contributed by atoms with van der Waals surface area (Å²) >= 11 is 0. The Kier molecular flexibility index (Phi) is 2.32. The van der Waals surface area contributed by atoms with Gasteiger partial charge in [0.1, 0.15) is 0 Å². The molecule has 2 aliphatic rings. The number of fused-ring (bicyclic) bond motifs is 2. The molecule has 0 unspecified atom stereocenters. The van der Waals surface area contributed by atoms with Gasteiger partial charge in [0, 0.05) is 11.5 Å². The Labute approximate surface area is 86.5 Å². The van der Waals surface area contributed by atoms with Crippen molar-refractivity contribution in [1.82, 2.24) is 5.32 Å². The smallest absolute Gasteiger partial charge is 0.225 e. The van der Waals surface area contributed by atoms with Gasteiger partial charge in [-0.2, -0.15) is 0 Å². The first-order valence-corrected chi connectivity index (χ1v) is 5.78. The number of hydrogen-bond acceptors (Lipinski definition) is 1. The maximum atomic E-state index is 11.8. The van der Waals surface area contributed by atoms with Crippen molar-refractivity contribution in [2.45, 2.75) is 52.5 Å². The summed E-state index contributed by atoms with van der Waals surface area (Å²) in [5, 5.41) is 3.21. The molecule has 2 fully saturated rings. The molecular formula is C12H21NO. The zero-order chi connectivity index (χ0) is 10.3. The fourth-order valence-electron chi connectivity index (χ4n) is 2.81. The van der Waals surface area contributed by atoms with Crippen molar-refractivity contribution in [2.24, 2.45) is 17.3 Å². The van der Waals surface area contributed by atoms with Crippen LogP contribution in [0.4, 0.5) is 0 Å². The number of nitrogens with one attached hydrogen (secondary N) is 1. The van der Waals surface area contributed by atoms with Gasteiger partial charge in [-0.25, -0.2) is 0 Å². The number of carbonyl (C=O) groups is 1. The summed E-state index contributed by atoms with van der Waals surface area (Å²) in [6.07, 6.45) is 5.31. The van der Waals surface area contributed by atoms with E-state index in [-0.39, 0.29) is 11.3 Å². The fourth-order valence-corrected chi connectivity index (χ4v) is 2.81. The van der Waals surface area contributed by atoms with Crippen LogP contribution in [0.2, 0.25) is 0 Å². The van der Waals surface area contributed by atoms with Gasteiger partial charge in [-0.15, -0.1) is 0 Å². The Morgan fingerprint density at radius 1 is 1.21 bits per heavy atom. The summed E-state index contributed by atoms with van der Waals surface area (Å²) in [6, 6.07) is 0.487. The topological polar surface area (TPSA) is 29.1 Å². The minimum atomic E-state index is -0.234. The third-order valence-corrected chi connectivity index (χ3v) is 3.74. The quantitative estimate of drug-likeness (QED) is 0.683. The van der Waals surface area contributed by atoms with Crippen LogP contribution in [0.3, 0.4) is 0 Å². The van der Waals surface area contributed by atoms with E-state index in [1.54, 1.807) is 0 Å². The van der Waals surface area contributed by atoms with Crippen molar-refractivity contribution in [3.8, 4) is 0 Å². The maximum absolute atomic E-state index is 11.8. The van der Waals surface area contributed by atoms with Crippen LogP contribution in [-0.2, 0) is 4.79 Å². The monoisotopic (exact) mass is 195 g/mol. The first-order valence-electron chi connectivity index (χ1n) is 5.78. The third-order valence-electron chi connectivity index (χ3n) is 3.74. The van der Waals surface area contributed by atoms with E-state index in [0.29, 0.717) is 6.04 Å². The second-order valence-electron chi connectivity index (χ2n) is 6.00. The fraction of sp³-hybridized carbons (Fsp3) is 0.917. The van der Waals surface area contributed by atoms with Crippen LogP contribution in [0.25, 0.3) is 0 Å². The van der Waals surface area contributed by atoms with Crippen LogP contribution in [0.5, 0.6) is 0 Å². The van der Waals surface area contributed by atoms with Crippen molar-refractivity contribution in [2.75, 3.05) is 0 Å². The second kappa shape index (κ2) is 3.25. The molecule has 3 atom stereocenters. The highest BCUT2D eigenvalue weighted by Gasteiger charge is 2.41. The Balaban J connectivity index is 1.90. The van der Waals surface area contributed by atoms with Crippen LogP contribution in [0, 0.1) is 17.3 Å². The highest BCUT2D eigenvalue weighted by molar-refractivity contribution is 5.81. The molecule has 1 amide bonds. The molecule has 80 valence electrons. The molecule has 0 aliphatic heterocycles. The molecule has 0 aromatic rings. The summed E-state index contributed by atoms with van der Waals surface area (Å²) < 4.78 is 0. The minimum Gasteiger partial charge on any atom is -0.353 e. The van der Waals surface area contributed by atoms with Crippen molar-refractivity contribution in [3.05, 3.63) is 0 Å². The van der Waals surface area contributed by atoms with Crippen molar-refractivity contribution in [1.29, 1.82) is 0 Å². The van der Waals surface area contributed by atoms with Gasteiger partial charge in [0.2, 0.25) is 5.91 Å². The lowest BCUT2D eigenvalue weighted by atomic mass is 9.91. The second-order valence-corrected chi connectivity index (χ2v) is 6.00. The van der Waals surface area contributed by atoms with Crippen LogP contribution < -0.4 is 5.32 Å². The molecule has 0 saturated heterocycles. The van der Waals surface area contributed by atoms with Crippen LogP contribution in [0.1, 0.15) is 46.5 Å². The largest absolute Gasteiger partial charge is 0.353 e. The standard InChI is InChI=1S/C12H21NO/c1-12(2,3)11(14)13-10-7-8-4-5-9(10)6-8/h8-10H,4-7H2,1-3H3,(H,13,14)/t8-,9-,10-/m1/s1. The SMILES string of the molecule is CC(C)(C)C(=O)N[C@@H]1C[C@@H]2CC[C@@H]1C2. The Hall–Kier alpha value is -0.530. The van der Waals surface area contributed by atoms with Gasteiger partial charge in [0.05, 0.1) is 0 Å². The molecule has 14 heavy (non-hydrogen) atoms. The van der Waals surface area contributed by atoms with Crippen LogP contribution >= 0.6 is 0 Å². The average molecular weight is 195 g/mol. The third kappa shape index (κ3) is 1.79. The predicted octanol–water partition coefficient (Wildman–Crippen LogP) is 2.34. The minimum absolute atomic E-state index is 0.218. The van der Waals surface area contributed by atoms with Gasteiger partial charge in [-0.05, 0) is 31.1 Å². The average Bonchev–Trinajstić information content (AvgIpc) is 2.62. The number of carbonyl (C=O) groups excluding carboxylic acids is 1. The molecule has 2 saturated carbocycles. The van der Waals surface area contributed by atoms with E-state index in [2.05, 4.69) is 5.32 Å². The lowest BCUT2D eigenvalue weighted by Crippen LogP contribution is -2.44. The molecule has 0 spiro atoms. The lowest BCUT2D eigenvalue weighted by molar-refractivity contribution is -0.129. The zero-order valence-corrected chi connectivity index (χ0v) is 9.47. The highest BCUT2D eigenvalue weighted by Crippen LogP contribution is 2.44. The normalized spacial score (nSPS) is 36.1. The van der Waals surface area contributed by atoms with E-state index in [9.17, 15) is 4.79 Å².